The highest BCUT2D eigenvalue weighted by molar-refractivity contribution is 7.99. The minimum absolute atomic E-state index is 0.642. The van der Waals surface area contributed by atoms with Gasteiger partial charge in [-0.2, -0.15) is 4.37 Å². The summed E-state index contributed by atoms with van der Waals surface area (Å²) in [7, 11) is 2.06. The largest absolute Gasteiger partial charge is 0.382 e. The number of nitrogens with two attached hydrogens (primary N) is 1. The van der Waals surface area contributed by atoms with Gasteiger partial charge < -0.3 is 15.4 Å². The average molecular weight is 273 g/mol. The Morgan fingerprint density at radius 3 is 3.00 bits per heavy atom. The summed E-state index contributed by atoms with van der Waals surface area (Å²) >= 11 is 3.11. The minimum atomic E-state index is 0.642. The Morgan fingerprint density at radius 1 is 1.59 bits per heavy atom. The molecule has 96 valence electrons. The molecule has 1 saturated carbocycles. The summed E-state index contributed by atoms with van der Waals surface area (Å²) in [6, 6.07) is 0. The predicted octanol–water partition coefficient (Wildman–Crippen LogP) is 2.31. The zero-order valence-corrected chi connectivity index (χ0v) is 11.9. The lowest BCUT2D eigenvalue weighted by Gasteiger charge is -2.17. The van der Waals surface area contributed by atoms with E-state index < -0.39 is 0 Å². The summed E-state index contributed by atoms with van der Waals surface area (Å²) in [4.78, 5) is 3.26. The van der Waals surface area contributed by atoms with Gasteiger partial charge in [0.15, 0.2) is 5.82 Å². The molecule has 0 spiro atoms. The number of hydrogen-bond donors (Lipinski definition) is 1. The van der Waals surface area contributed by atoms with Gasteiger partial charge in [-0.25, -0.2) is 0 Å². The standard InChI is InChI=1S/C11H19N3OS2/c1-14(5-6-15-7-8-3-4-8)11-9(16-2)10(12)13-17-11/h8H,3-7H2,1-2H3,(H2,12,13). The van der Waals surface area contributed by atoms with Crippen molar-refractivity contribution in [3.8, 4) is 0 Å². The number of ether oxygens (including phenoxy) is 1. The van der Waals surface area contributed by atoms with E-state index in [0.717, 1.165) is 35.6 Å². The zero-order valence-electron chi connectivity index (χ0n) is 10.3. The molecule has 1 fully saturated rings. The molecule has 0 atom stereocenters. The maximum absolute atomic E-state index is 5.81. The molecule has 1 aliphatic rings. The van der Waals surface area contributed by atoms with Crippen LogP contribution < -0.4 is 10.6 Å². The van der Waals surface area contributed by atoms with Crippen LogP contribution in [0.25, 0.3) is 0 Å². The molecular formula is C11H19N3OS2. The molecule has 2 N–H and O–H groups in total. The van der Waals surface area contributed by atoms with Crippen molar-refractivity contribution < 1.29 is 4.74 Å². The van der Waals surface area contributed by atoms with Gasteiger partial charge in [-0.3, -0.25) is 0 Å². The molecule has 6 heteroatoms. The van der Waals surface area contributed by atoms with E-state index in [-0.39, 0.29) is 0 Å². The van der Waals surface area contributed by atoms with Crippen LogP contribution in [0.5, 0.6) is 0 Å². The van der Waals surface area contributed by atoms with Crippen LogP contribution in [0, 0.1) is 5.92 Å². The van der Waals surface area contributed by atoms with Crippen LogP contribution in [0.3, 0.4) is 0 Å². The first-order chi connectivity index (χ1) is 8.22. The number of likely N-dealkylation sites (N-methyl/N-ethyl adjacent to an activating group) is 1. The molecule has 0 saturated heterocycles. The molecule has 1 aromatic heterocycles. The summed E-state index contributed by atoms with van der Waals surface area (Å²) in [5.74, 6) is 1.48. The summed E-state index contributed by atoms with van der Waals surface area (Å²) in [5.41, 5.74) is 5.81. The van der Waals surface area contributed by atoms with Crippen LogP contribution in [-0.2, 0) is 4.74 Å². The monoisotopic (exact) mass is 273 g/mol. The number of nitrogen functional groups attached to an aromatic ring is 1. The van der Waals surface area contributed by atoms with E-state index in [2.05, 4.69) is 16.3 Å². The summed E-state index contributed by atoms with van der Waals surface area (Å²) in [5, 5.41) is 1.14. The van der Waals surface area contributed by atoms with Gasteiger partial charge in [-0.15, -0.1) is 11.8 Å². The van der Waals surface area contributed by atoms with Crippen LogP contribution >= 0.6 is 23.3 Å². The molecule has 1 aliphatic carbocycles. The van der Waals surface area contributed by atoms with Gasteiger partial charge in [-0.05, 0) is 36.5 Å². The first-order valence-electron chi connectivity index (χ1n) is 5.80. The third-order valence-electron chi connectivity index (χ3n) is 2.83. The molecule has 0 amide bonds. The highest BCUT2D eigenvalue weighted by atomic mass is 32.2. The molecule has 0 aliphatic heterocycles. The molecule has 1 aromatic rings. The predicted molar refractivity (Wildman–Crippen MR) is 75.1 cm³/mol. The Hall–Kier alpha value is -0.460. The van der Waals surface area contributed by atoms with Crippen molar-refractivity contribution in [3.63, 3.8) is 0 Å². The van der Waals surface area contributed by atoms with E-state index in [0.29, 0.717) is 5.82 Å². The minimum Gasteiger partial charge on any atom is -0.382 e. The fourth-order valence-electron chi connectivity index (χ4n) is 1.56. The van der Waals surface area contributed by atoms with Gasteiger partial charge in [-0.1, -0.05) is 0 Å². The third kappa shape index (κ3) is 3.50. The highest BCUT2D eigenvalue weighted by Gasteiger charge is 2.21. The number of anilines is 2. The van der Waals surface area contributed by atoms with E-state index in [9.17, 15) is 0 Å². The molecule has 17 heavy (non-hydrogen) atoms. The Balaban J connectivity index is 1.78. The van der Waals surface area contributed by atoms with Crippen LogP contribution in [0.15, 0.2) is 4.90 Å². The molecule has 0 radical (unpaired) electrons. The number of nitrogens with zero attached hydrogens (tertiary/aromatic N) is 2. The van der Waals surface area contributed by atoms with Gasteiger partial charge in [0, 0.05) is 20.2 Å². The molecule has 4 nitrogen and oxygen atoms in total. The molecular weight excluding hydrogens is 254 g/mol. The quantitative estimate of drug-likeness (QED) is 0.610. The van der Waals surface area contributed by atoms with Crippen molar-refractivity contribution in [2.75, 3.05) is 43.7 Å². The SMILES string of the molecule is CSc1c(N)nsc1N(C)CCOCC1CC1. The first kappa shape index (κ1) is 13.0. The Morgan fingerprint density at radius 2 is 2.35 bits per heavy atom. The van der Waals surface area contributed by atoms with Gasteiger partial charge in [0.2, 0.25) is 0 Å². The normalized spacial score (nSPS) is 15.2. The maximum Gasteiger partial charge on any atom is 0.153 e. The summed E-state index contributed by atoms with van der Waals surface area (Å²) in [6.07, 6.45) is 4.72. The number of aromatic nitrogens is 1. The van der Waals surface area contributed by atoms with E-state index >= 15 is 0 Å². The fourth-order valence-corrected chi connectivity index (χ4v) is 3.26. The summed E-state index contributed by atoms with van der Waals surface area (Å²) in [6.45, 7) is 2.59. The van der Waals surface area contributed by atoms with Crippen LogP contribution in [0.1, 0.15) is 12.8 Å². The Bertz CT molecular complexity index is 366. The van der Waals surface area contributed by atoms with Crippen molar-refractivity contribution in [1.29, 1.82) is 0 Å². The lowest BCUT2D eigenvalue weighted by Crippen LogP contribution is -2.22. The van der Waals surface area contributed by atoms with E-state index in [1.807, 2.05) is 6.26 Å². The van der Waals surface area contributed by atoms with Crippen LogP contribution in [-0.4, -0.2) is 37.4 Å². The van der Waals surface area contributed by atoms with Crippen molar-refractivity contribution in [3.05, 3.63) is 0 Å². The highest BCUT2D eigenvalue weighted by Crippen LogP contribution is 2.36. The molecule has 0 unspecified atom stereocenters. The van der Waals surface area contributed by atoms with E-state index in [1.54, 1.807) is 11.8 Å². The second-order valence-electron chi connectivity index (χ2n) is 4.35. The topological polar surface area (TPSA) is 51.4 Å². The second kappa shape index (κ2) is 5.93. The van der Waals surface area contributed by atoms with Crippen molar-refractivity contribution in [2.45, 2.75) is 17.7 Å². The molecule has 1 heterocycles. The molecule has 0 aromatic carbocycles. The van der Waals surface area contributed by atoms with Crippen molar-refractivity contribution in [1.82, 2.24) is 4.37 Å². The number of hydrogen-bond acceptors (Lipinski definition) is 6. The van der Waals surface area contributed by atoms with Gasteiger partial charge >= 0.3 is 0 Å². The van der Waals surface area contributed by atoms with Crippen LogP contribution in [0.2, 0.25) is 0 Å². The molecule has 2 rings (SSSR count). The van der Waals surface area contributed by atoms with Crippen molar-refractivity contribution >= 4 is 34.1 Å². The zero-order chi connectivity index (χ0) is 12.3. The summed E-state index contributed by atoms with van der Waals surface area (Å²) < 4.78 is 9.83. The smallest absolute Gasteiger partial charge is 0.153 e. The van der Waals surface area contributed by atoms with Gasteiger partial charge in [0.05, 0.1) is 11.5 Å². The number of rotatable bonds is 7. The lowest BCUT2D eigenvalue weighted by molar-refractivity contribution is 0.131. The third-order valence-corrected chi connectivity index (χ3v) is 4.75. The van der Waals surface area contributed by atoms with Gasteiger partial charge in [0.25, 0.3) is 0 Å². The second-order valence-corrected chi connectivity index (χ2v) is 5.91. The fraction of sp³-hybridized carbons (Fsp3) is 0.727. The molecule has 0 bridgehead atoms. The Kier molecular flexibility index (Phi) is 4.53. The Labute approximate surface area is 111 Å². The van der Waals surface area contributed by atoms with Gasteiger partial charge in [0.1, 0.15) is 5.00 Å². The number of thioether (sulfide) groups is 1. The first-order valence-corrected chi connectivity index (χ1v) is 7.80. The maximum atomic E-state index is 5.81. The van der Waals surface area contributed by atoms with E-state index in [4.69, 9.17) is 10.5 Å². The van der Waals surface area contributed by atoms with Crippen LogP contribution in [0.4, 0.5) is 10.8 Å². The van der Waals surface area contributed by atoms with E-state index in [1.165, 1.54) is 24.4 Å². The average Bonchev–Trinajstić information content (AvgIpc) is 3.06. The van der Waals surface area contributed by atoms with Crippen molar-refractivity contribution in [2.24, 2.45) is 5.92 Å². The lowest BCUT2D eigenvalue weighted by atomic mass is 10.5.